The van der Waals surface area contributed by atoms with E-state index in [0.29, 0.717) is 29.5 Å². The number of halogens is 2. The van der Waals surface area contributed by atoms with Crippen molar-refractivity contribution < 1.29 is 9.53 Å². The minimum absolute atomic E-state index is 0.00625. The maximum atomic E-state index is 12.4. The first-order valence-electron chi connectivity index (χ1n) is 8.00. The van der Waals surface area contributed by atoms with E-state index in [4.69, 9.17) is 4.74 Å². The number of hydrogen-bond donors (Lipinski definition) is 1. The van der Waals surface area contributed by atoms with Gasteiger partial charge in [-0.1, -0.05) is 48.0 Å². The molecule has 4 nitrogen and oxygen atoms in total. The Morgan fingerprint density at radius 3 is 2.58 bits per heavy atom. The first-order valence-corrected chi connectivity index (χ1v) is 9.59. The number of carbonyl (C=O) groups excluding carboxylic acids is 1. The number of amides is 1. The Hall–Kier alpha value is -2.10. The Balaban J connectivity index is 2.35. The van der Waals surface area contributed by atoms with Gasteiger partial charge in [-0.2, -0.15) is 5.26 Å². The van der Waals surface area contributed by atoms with Crippen molar-refractivity contribution in [2.75, 3.05) is 11.9 Å². The summed E-state index contributed by atoms with van der Waals surface area (Å²) >= 11 is 6.91. The molecule has 0 bridgehead atoms. The number of hydrogen-bond acceptors (Lipinski definition) is 3. The van der Waals surface area contributed by atoms with Crippen LogP contribution in [-0.2, 0) is 4.79 Å². The van der Waals surface area contributed by atoms with Crippen LogP contribution in [0.25, 0.3) is 6.08 Å². The fraction of sp³-hybridized carbons (Fsp3) is 0.200. The van der Waals surface area contributed by atoms with Gasteiger partial charge in [-0.15, -0.1) is 0 Å². The molecule has 1 amide bonds. The van der Waals surface area contributed by atoms with Gasteiger partial charge in [0.1, 0.15) is 17.4 Å². The van der Waals surface area contributed by atoms with Crippen LogP contribution in [0.1, 0.15) is 19.4 Å². The SMILES string of the molecule is CC(C)COc1c(Br)cc(Br)cc1/C=C(\C#N)C(=O)Nc1ccccc1. The second kappa shape index (κ2) is 9.56. The van der Waals surface area contributed by atoms with E-state index in [2.05, 4.69) is 51.0 Å². The standard InChI is InChI=1S/C20H18Br2N2O2/c1-13(2)12-26-19-14(9-16(21)10-18(19)22)8-15(11-23)20(25)24-17-6-4-3-5-7-17/h3-10,13H,12H2,1-2H3,(H,24,25)/b15-8+. The van der Waals surface area contributed by atoms with Gasteiger partial charge in [0, 0.05) is 15.7 Å². The van der Waals surface area contributed by atoms with Crippen molar-refractivity contribution in [2.45, 2.75) is 13.8 Å². The molecule has 0 spiro atoms. The zero-order valence-electron chi connectivity index (χ0n) is 14.4. The van der Waals surface area contributed by atoms with Crippen LogP contribution < -0.4 is 10.1 Å². The summed E-state index contributed by atoms with van der Waals surface area (Å²) in [5.74, 6) is 0.478. The molecular formula is C20H18Br2N2O2. The summed E-state index contributed by atoms with van der Waals surface area (Å²) in [5, 5.41) is 12.2. The molecule has 0 aromatic heterocycles. The molecule has 0 saturated carbocycles. The molecule has 2 rings (SSSR count). The zero-order chi connectivity index (χ0) is 19.1. The van der Waals surface area contributed by atoms with Crippen molar-refractivity contribution in [1.82, 2.24) is 0 Å². The molecule has 0 unspecified atom stereocenters. The number of anilines is 1. The van der Waals surface area contributed by atoms with Crippen LogP contribution in [0.15, 0.2) is 57.0 Å². The summed E-state index contributed by atoms with van der Waals surface area (Å²) in [7, 11) is 0. The van der Waals surface area contributed by atoms with E-state index in [1.54, 1.807) is 12.1 Å². The Labute approximate surface area is 170 Å². The monoisotopic (exact) mass is 476 g/mol. The lowest BCUT2D eigenvalue weighted by atomic mass is 10.1. The molecular weight excluding hydrogens is 460 g/mol. The molecule has 0 aliphatic carbocycles. The van der Waals surface area contributed by atoms with E-state index in [9.17, 15) is 10.1 Å². The first-order chi connectivity index (χ1) is 12.4. The average molecular weight is 478 g/mol. The van der Waals surface area contributed by atoms with Gasteiger partial charge >= 0.3 is 0 Å². The minimum Gasteiger partial charge on any atom is -0.492 e. The van der Waals surface area contributed by atoms with E-state index >= 15 is 0 Å². The fourth-order valence-electron chi connectivity index (χ4n) is 2.11. The molecule has 0 saturated heterocycles. The summed E-state index contributed by atoms with van der Waals surface area (Å²) in [6.07, 6.45) is 1.53. The van der Waals surface area contributed by atoms with Gasteiger partial charge in [0.25, 0.3) is 5.91 Å². The fourth-order valence-corrected chi connectivity index (χ4v) is 3.49. The molecule has 134 valence electrons. The molecule has 0 heterocycles. The van der Waals surface area contributed by atoms with Crippen LogP contribution in [0, 0.1) is 17.2 Å². The van der Waals surface area contributed by atoms with Crippen LogP contribution >= 0.6 is 31.9 Å². The van der Waals surface area contributed by atoms with E-state index in [1.807, 2.05) is 36.4 Å². The van der Waals surface area contributed by atoms with E-state index in [1.165, 1.54) is 6.08 Å². The molecule has 26 heavy (non-hydrogen) atoms. The number of rotatable bonds is 6. The number of carbonyl (C=O) groups is 1. The molecule has 0 aliphatic heterocycles. The van der Waals surface area contributed by atoms with Gasteiger partial charge in [-0.3, -0.25) is 4.79 Å². The average Bonchev–Trinajstić information content (AvgIpc) is 2.59. The summed E-state index contributed by atoms with van der Waals surface area (Å²) in [6, 6.07) is 14.7. The quantitative estimate of drug-likeness (QED) is 0.422. The lowest BCUT2D eigenvalue weighted by Crippen LogP contribution is -2.13. The number of ether oxygens (including phenoxy) is 1. The lowest BCUT2D eigenvalue weighted by molar-refractivity contribution is -0.112. The third-order valence-electron chi connectivity index (χ3n) is 3.29. The maximum Gasteiger partial charge on any atom is 0.266 e. The van der Waals surface area contributed by atoms with Gasteiger partial charge in [-0.05, 0) is 52.2 Å². The van der Waals surface area contributed by atoms with Crippen molar-refractivity contribution >= 4 is 49.5 Å². The zero-order valence-corrected chi connectivity index (χ0v) is 17.6. The van der Waals surface area contributed by atoms with E-state index in [-0.39, 0.29) is 5.57 Å². The summed E-state index contributed by atoms with van der Waals surface area (Å²) in [5.41, 5.74) is 1.27. The third-order valence-corrected chi connectivity index (χ3v) is 4.34. The molecule has 0 fully saturated rings. The van der Waals surface area contributed by atoms with E-state index in [0.717, 1.165) is 8.95 Å². The Morgan fingerprint density at radius 1 is 1.27 bits per heavy atom. The number of nitriles is 1. The normalized spacial score (nSPS) is 11.2. The Morgan fingerprint density at radius 2 is 1.96 bits per heavy atom. The number of nitrogens with zero attached hydrogens (tertiary/aromatic N) is 1. The molecule has 0 aliphatic rings. The van der Waals surface area contributed by atoms with Gasteiger partial charge in [0.15, 0.2) is 0 Å². The molecule has 0 radical (unpaired) electrons. The van der Waals surface area contributed by atoms with Gasteiger partial charge < -0.3 is 10.1 Å². The second-order valence-corrected chi connectivity index (χ2v) is 7.77. The summed E-state index contributed by atoms with van der Waals surface area (Å²) < 4.78 is 7.44. The van der Waals surface area contributed by atoms with Crippen LogP contribution in [0.5, 0.6) is 5.75 Å². The molecule has 1 N–H and O–H groups in total. The van der Waals surface area contributed by atoms with Crippen molar-refractivity contribution in [3.8, 4) is 11.8 Å². The number of para-hydroxylation sites is 1. The highest BCUT2D eigenvalue weighted by atomic mass is 79.9. The van der Waals surface area contributed by atoms with Crippen molar-refractivity contribution in [3.63, 3.8) is 0 Å². The van der Waals surface area contributed by atoms with Crippen LogP contribution in [0.4, 0.5) is 5.69 Å². The maximum absolute atomic E-state index is 12.4. The van der Waals surface area contributed by atoms with Crippen LogP contribution in [0.2, 0.25) is 0 Å². The summed E-state index contributed by atoms with van der Waals surface area (Å²) in [4.78, 5) is 12.4. The Bertz CT molecular complexity index is 856. The summed E-state index contributed by atoms with van der Waals surface area (Å²) in [6.45, 7) is 4.63. The third kappa shape index (κ3) is 5.72. The van der Waals surface area contributed by atoms with Gasteiger partial charge in [0.05, 0.1) is 11.1 Å². The Kier molecular flexibility index (Phi) is 7.43. The highest BCUT2D eigenvalue weighted by molar-refractivity contribution is 9.11. The predicted molar refractivity (Wildman–Crippen MR) is 111 cm³/mol. The smallest absolute Gasteiger partial charge is 0.266 e. The first kappa shape index (κ1) is 20.2. The molecule has 0 atom stereocenters. The van der Waals surface area contributed by atoms with Gasteiger partial charge in [0.2, 0.25) is 0 Å². The van der Waals surface area contributed by atoms with Crippen molar-refractivity contribution in [1.29, 1.82) is 5.26 Å². The number of benzene rings is 2. The topological polar surface area (TPSA) is 62.1 Å². The highest BCUT2D eigenvalue weighted by Crippen LogP contribution is 2.34. The predicted octanol–water partition coefficient (Wildman–Crippen LogP) is 5.79. The van der Waals surface area contributed by atoms with Crippen molar-refractivity contribution in [3.05, 3.63) is 62.5 Å². The molecule has 6 heteroatoms. The van der Waals surface area contributed by atoms with Gasteiger partial charge in [-0.25, -0.2) is 0 Å². The largest absolute Gasteiger partial charge is 0.492 e. The number of nitrogens with one attached hydrogen (secondary N) is 1. The second-order valence-electron chi connectivity index (χ2n) is 6.00. The van der Waals surface area contributed by atoms with E-state index < -0.39 is 5.91 Å². The molecule has 2 aromatic rings. The molecule has 2 aromatic carbocycles. The van der Waals surface area contributed by atoms with Crippen LogP contribution in [0.3, 0.4) is 0 Å². The van der Waals surface area contributed by atoms with Crippen LogP contribution in [-0.4, -0.2) is 12.5 Å². The lowest BCUT2D eigenvalue weighted by Gasteiger charge is -2.14. The minimum atomic E-state index is -0.468. The van der Waals surface area contributed by atoms with Crippen molar-refractivity contribution in [2.24, 2.45) is 5.92 Å². The highest BCUT2D eigenvalue weighted by Gasteiger charge is 2.14.